The first kappa shape index (κ1) is 18.4. The predicted molar refractivity (Wildman–Crippen MR) is 131 cm³/mol. The van der Waals surface area contributed by atoms with E-state index in [1.165, 1.54) is 49.0 Å². The van der Waals surface area contributed by atoms with Gasteiger partial charge in [0.05, 0.1) is 0 Å². The van der Waals surface area contributed by atoms with E-state index in [4.69, 9.17) is 0 Å². The van der Waals surface area contributed by atoms with Crippen molar-refractivity contribution < 1.29 is 0 Å². The second kappa shape index (κ2) is 7.65. The Morgan fingerprint density at radius 2 is 1.37 bits per heavy atom. The molecule has 0 aliphatic carbocycles. The summed E-state index contributed by atoms with van der Waals surface area (Å²) in [4.78, 5) is 0. The van der Waals surface area contributed by atoms with Crippen LogP contribution in [0.1, 0.15) is 11.1 Å². The molecule has 0 fully saturated rings. The van der Waals surface area contributed by atoms with Crippen molar-refractivity contribution in [3.8, 4) is 11.1 Å². The molecule has 0 aliphatic rings. The van der Waals surface area contributed by atoms with Gasteiger partial charge in [0.15, 0.2) is 0 Å². The second-order valence-corrected chi connectivity index (χ2v) is 7.91. The summed E-state index contributed by atoms with van der Waals surface area (Å²) in [7, 11) is 0. The van der Waals surface area contributed by atoms with Crippen molar-refractivity contribution in [3.05, 3.63) is 119 Å². The number of fused-ring (bicyclic) bond motifs is 2. The molecule has 0 heterocycles. The molecule has 0 atom stereocenters. The second-order valence-electron chi connectivity index (χ2n) is 7.91. The van der Waals surface area contributed by atoms with Crippen LogP contribution in [0.2, 0.25) is 0 Å². The van der Waals surface area contributed by atoms with Gasteiger partial charge in [0, 0.05) is 0 Å². The molecule has 0 N–H and O–H groups in total. The molecular weight excluding hydrogens is 360 g/mol. The molecule has 30 heavy (non-hydrogen) atoms. The molecule has 0 heteroatoms. The fourth-order valence-electron chi connectivity index (χ4n) is 4.43. The van der Waals surface area contributed by atoms with E-state index in [1.54, 1.807) is 0 Å². The summed E-state index contributed by atoms with van der Waals surface area (Å²) >= 11 is 0. The van der Waals surface area contributed by atoms with Gasteiger partial charge in [-0.25, -0.2) is 0 Å². The molecule has 0 aliphatic heterocycles. The van der Waals surface area contributed by atoms with Crippen molar-refractivity contribution in [1.29, 1.82) is 0 Å². The summed E-state index contributed by atoms with van der Waals surface area (Å²) in [6.45, 7) is 6.66. The van der Waals surface area contributed by atoms with Gasteiger partial charge in [-0.15, -0.1) is 0 Å². The van der Waals surface area contributed by atoms with Crippen LogP contribution in [-0.2, 0) is 6.42 Å². The standard InChI is InChI=1S/C30H24/c1-21-16-18-24-12-6-7-14-27(24)30(21)29-20-25(19-17-23-10-4-3-5-11-23)22(2)26-13-8-9-15-28(26)29/h3-16,18-20H,2,17H2,1H3/b25-19+. The van der Waals surface area contributed by atoms with Crippen molar-refractivity contribution in [2.24, 2.45) is 0 Å². The Bertz CT molecular complexity index is 1470. The zero-order chi connectivity index (χ0) is 20.5. The molecule has 0 nitrogen and oxygen atoms in total. The Hall–Kier alpha value is -3.64. The summed E-state index contributed by atoms with van der Waals surface area (Å²) in [5, 5.41) is 7.37. The maximum atomic E-state index is 4.45. The van der Waals surface area contributed by atoms with Gasteiger partial charge in [-0.2, -0.15) is 0 Å². The highest BCUT2D eigenvalue weighted by Gasteiger charge is 2.11. The average Bonchev–Trinajstić information content (AvgIpc) is 2.80. The van der Waals surface area contributed by atoms with Crippen molar-refractivity contribution in [2.75, 3.05) is 0 Å². The molecule has 0 bridgehead atoms. The Balaban J connectivity index is 1.83. The zero-order valence-corrected chi connectivity index (χ0v) is 17.2. The summed E-state index contributed by atoms with van der Waals surface area (Å²) in [6, 6.07) is 34.7. The molecule has 5 aromatic carbocycles. The van der Waals surface area contributed by atoms with E-state index in [9.17, 15) is 0 Å². The highest BCUT2D eigenvalue weighted by molar-refractivity contribution is 6.06. The lowest BCUT2D eigenvalue weighted by atomic mass is 9.89. The van der Waals surface area contributed by atoms with Gasteiger partial charge in [0.2, 0.25) is 0 Å². The first-order valence-electron chi connectivity index (χ1n) is 10.5. The van der Waals surface area contributed by atoms with Gasteiger partial charge < -0.3 is 0 Å². The van der Waals surface area contributed by atoms with Gasteiger partial charge >= 0.3 is 0 Å². The third-order valence-corrected chi connectivity index (χ3v) is 6.00. The van der Waals surface area contributed by atoms with Crippen molar-refractivity contribution >= 4 is 34.2 Å². The molecule has 0 spiro atoms. The number of hydrogen-bond donors (Lipinski definition) is 0. The van der Waals surface area contributed by atoms with Gasteiger partial charge in [-0.1, -0.05) is 104 Å². The third-order valence-electron chi connectivity index (χ3n) is 6.00. The maximum Gasteiger partial charge on any atom is -0.00697 e. The van der Waals surface area contributed by atoms with Crippen LogP contribution in [0.5, 0.6) is 0 Å². The van der Waals surface area contributed by atoms with Crippen LogP contribution < -0.4 is 10.4 Å². The largest absolute Gasteiger partial charge is 0.0905 e. The van der Waals surface area contributed by atoms with Crippen LogP contribution in [0.25, 0.3) is 45.3 Å². The Labute approximate surface area is 177 Å². The summed E-state index contributed by atoms with van der Waals surface area (Å²) < 4.78 is 0. The smallest absolute Gasteiger partial charge is 0.00697 e. The molecule has 5 aromatic rings. The third kappa shape index (κ3) is 3.21. The van der Waals surface area contributed by atoms with Crippen LogP contribution >= 0.6 is 0 Å². The Morgan fingerprint density at radius 3 is 2.17 bits per heavy atom. The summed E-state index contributed by atoms with van der Waals surface area (Å²) in [5.74, 6) is 0. The molecule has 0 radical (unpaired) electrons. The molecular formula is C30H24. The summed E-state index contributed by atoms with van der Waals surface area (Å²) in [6.07, 6.45) is 3.21. The molecule has 0 aromatic heterocycles. The van der Waals surface area contributed by atoms with E-state index in [0.29, 0.717) is 0 Å². The van der Waals surface area contributed by atoms with Crippen LogP contribution in [0.15, 0.2) is 97.1 Å². The maximum absolute atomic E-state index is 4.45. The topological polar surface area (TPSA) is 0 Å². The number of aryl methyl sites for hydroxylation is 1. The van der Waals surface area contributed by atoms with Crippen molar-refractivity contribution in [2.45, 2.75) is 13.3 Å². The molecule has 0 amide bonds. The van der Waals surface area contributed by atoms with E-state index in [0.717, 1.165) is 11.6 Å². The molecule has 0 saturated heterocycles. The monoisotopic (exact) mass is 384 g/mol. The van der Waals surface area contributed by atoms with E-state index in [1.807, 2.05) is 0 Å². The predicted octanol–water partition coefficient (Wildman–Crippen LogP) is 6.40. The molecule has 144 valence electrons. The molecule has 0 unspecified atom stereocenters. The molecule has 5 rings (SSSR count). The highest BCUT2D eigenvalue weighted by Crippen LogP contribution is 2.34. The quantitative estimate of drug-likeness (QED) is 0.337. The normalized spacial score (nSPS) is 12.0. The van der Waals surface area contributed by atoms with Crippen LogP contribution in [0.4, 0.5) is 0 Å². The SMILES string of the molecule is C=c1/c(=C/Cc2ccccc2)cc(-c2c(C)ccc3ccccc23)c2ccccc12. The lowest BCUT2D eigenvalue weighted by molar-refractivity contribution is 1.32. The first-order chi connectivity index (χ1) is 14.7. The lowest BCUT2D eigenvalue weighted by Gasteiger charge is -2.14. The van der Waals surface area contributed by atoms with Crippen LogP contribution in [0.3, 0.4) is 0 Å². The van der Waals surface area contributed by atoms with Gasteiger partial charge in [-0.05, 0) is 73.6 Å². The highest BCUT2D eigenvalue weighted by atomic mass is 14.1. The van der Waals surface area contributed by atoms with E-state index in [2.05, 4.69) is 117 Å². The Kier molecular flexibility index (Phi) is 4.69. The minimum atomic E-state index is 0.898. The number of hydrogen-bond acceptors (Lipinski definition) is 0. The minimum absolute atomic E-state index is 0.898. The lowest BCUT2D eigenvalue weighted by Crippen LogP contribution is -2.24. The van der Waals surface area contributed by atoms with Gasteiger partial charge in [0.1, 0.15) is 0 Å². The van der Waals surface area contributed by atoms with Crippen molar-refractivity contribution in [3.63, 3.8) is 0 Å². The fraction of sp³-hybridized carbons (Fsp3) is 0.0667. The zero-order valence-electron chi connectivity index (χ0n) is 17.2. The van der Waals surface area contributed by atoms with E-state index < -0.39 is 0 Å². The number of benzene rings is 5. The number of rotatable bonds is 3. The van der Waals surface area contributed by atoms with E-state index >= 15 is 0 Å². The van der Waals surface area contributed by atoms with Gasteiger partial charge in [0.25, 0.3) is 0 Å². The first-order valence-corrected chi connectivity index (χ1v) is 10.5. The average molecular weight is 385 g/mol. The van der Waals surface area contributed by atoms with Crippen LogP contribution in [-0.4, -0.2) is 0 Å². The van der Waals surface area contributed by atoms with Crippen molar-refractivity contribution in [1.82, 2.24) is 0 Å². The van der Waals surface area contributed by atoms with Crippen LogP contribution in [0, 0.1) is 6.92 Å². The van der Waals surface area contributed by atoms with Gasteiger partial charge in [-0.3, -0.25) is 0 Å². The molecule has 0 saturated carbocycles. The summed E-state index contributed by atoms with van der Waals surface area (Å²) in [5.41, 5.74) is 5.21. The van der Waals surface area contributed by atoms with E-state index in [-0.39, 0.29) is 0 Å². The Morgan fingerprint density at radius 1 is 0.700 bits per heavy atom. The fourth-order valence-corrected chi connectivity index (χ4v) is 4.43. The minimum Gasteiger partial charge on any atom is -0.0905 e.